The molecule has 0 atom stereocenters. The normalized spacial score (nSPS) is 26.2. The molecule has 4 fully saturated rings. The van der Waals surface area contributed by atoms with Crippen LogP contribution < -0.4 is 20.5 Å². The van der Waals surface area contributed by atoms with Crippen molar-refractivity contribution < 1.29 is 23.8 Å². The van der Waals surface area contributed by atoms with Gasteiger partial charge < -0.3 is 25.3 Å². The zero-order chi connectivity index (χ0) is 32.7. The van der Waals surface area contributed by atoms with Crippen molar-refractivity contribution in [3.8, 4) is 11.5 Å². The molecule has 242 valence electrons. The summed E-state index contributed by atoms with van der Waals surface area (Å²) in [6.07, 6.45) is 6.41. The number of halogens is 1. The van der Waals surface area contributed by atoms with Crippen molar-refractivity contribution in [2.45, 2.75) is 83.8 Å². The molecule has 0 unspecified atom stereocenters. The maximum absolute atomic E-state index is 14.1. The Balaban J connectivity index is 1.60. The standard InChI is InChI=1S/C36H46IN3O5/c1-20(2)26-18-25(37)11-12-28(26)39-29(32-30(43-6)9-8-10-31(32)44-7)19-27(38)33(41)40-36(34(42)45-35(3,4)5)23-14-21-13-22(16-23)17-24(36)15-21/h8-12,18-24H,13-17,38H2,1-7H3,(H,40,41)/b27-19-,39-29?. The number of carbonyl (C=O) groups excluding carboxylic acids is 2. The SMILES string of the molecule is COc1cccc(OC)c1C(/C=C(\N)C(=O)NC1(C(=O)OC(C)(C)C)C2CC3CC(C2)CC1C3)=Nc1ccc(I)cc1C(C)C. The molecule has 0 saturated heterocycles. The first-order valence-electron chi connectivity index (χ1n) is 15.9. The number of hydrogen-bond acceptors (Lipinski definition) is 7. The fraction of sp³-hybridized carbons (Fsp3) is 0.528. The van der Waals surface area contributed by atoms with Crippen LogP contribution in [0.3, 0.4) is 0 Å². The zero-order valence-electron chi connectivity index (χ0n) is 27.4. The summed E-state index contributed by atoms with van der Waals surface area (Å²) in [6.45, 7) is 9.83. The number of rotatable bonds is 9. The highest BCUT2D eigenvalue weighted by molar-refractivity contribution is 14.1. The molecular formula is C36H46IN3O5. The predicted octanol–water partition coefficient (Wildman–Crippen LogP) is 7.05. The molecule has 0 aromatic heterocycles. The van der Waals surface area contributed by atoms with E-state index in [4.69, 9.17) is 24.9 Å². The van der Waals surface area contributed by atoms with Crippen LogP contribution in [0.15, 0.2) is 53.2 Å². The Morgan fingerprint density at radius 3 is 2.09 bits per heavy atom. The van der Waals surface area contributed by atoms with Gasteiger partial charge in [-0.15, -0.1) is 0 Å². The van der Waals surface area contributed by atoms with E-state index in [0.29, 0.717) is 34.6 Å². The van der Waals surface area contributed by atoms with E-state index in [-0.39, 0.29) is 29.4 Å². The molecule has 2 aromatic rings. The molecule has 8 nitrogen and oxygen atoms in total. The Labute approximate surface area is 280 Å². The third-order valence-electron chi connectivity index (χ3n) is 9.57. The summed E-state index contributed by atoms with van der Waals surface area (Å²) in [6, 6.07) is 11.5. The van der Waals surface area contributed by atoms with Crippen LogP contribution in [-0.4, -0.2) is 42.9 Å². The molecule has 4 aliphatic carbocycles. The summed E-state index contributed by atoms with van der Waals surface area (Å²) < 4.78 is 18.6. The molecular weight excluding hydrogens is 681 g/mol. The number of amides is 1. The summed E-state index contributed by atoms with van der Waals surface area (Å²) in [5, 5.41) is 3.19. The first kappa shape index (κ1) is 33.3. The van der Waals surface area contributed by atoms with Crippen LogP contribution in [0, 0.1) is 27.2 Å². The summed E-state index contributed by atoms with van der Waals surface area (Å²) in [7, 11) is 3.16. The molecule has 4 aliphatic rings. The molecule has 2 aromatic carbocycles. The Morgan fingerprint density at radius 1 is 1.00 bits per heavy atom. The van der Waals surface area contributed by atoms with Gasteiger partial charge in [-0.1, -0.05) is 19.9 Å². The van der Waals surface area contributed by atoms with Gasteiger partial charge in [0.05, 0.1) is 36.9 Å². The Morgan fingerprint density at radius 2 is 1.58 bits per heavy atom. The molecule has 4 saturated carbocycles. The molecule has 0 aliphatic heterocycles. The van der Waals surface area contributed by atoms with E-state index in [1.54, 1.807) is 20.3 Å². The lowest BCUT2D eigenvalue weighted by Gasteiger charge is -2.59. The maximum Gasteiger partial charge on any atom is 0.332 e. The number of nitrogens with one attached hydrogen (secondary N) is 1. The molecule has 9 heteroatoms. The lowest BCUT2D eigenvalue weighted by molar-refractivity contribution is -0.183. The highest BCUT2D eigenvalue weighted by Crippen LogP contribution is 2.59. The maximum atomic E-state index is 14.1. The molecule has 6 rings (SSSR count). The predicted molar refractivity (Wildman–Crippen MR) is 185 cm³/mol. The van der Waals surface area contributed by atoms with Crippen molar-refractivity contribution in [2.75, 3.05) is 14.2 Å². The number of allylic oxidation sites excluding steroid dienone is 1. The van der Waals surface area contributed by atoms with Gasteiger partial charge in [0.25, 0.3) is 5.91 Å². The van der Waals surface area contributed by atoms with E-state index >= 15 is 0 Å². The number of aliphatic imine (C=N–C) groups is 1. The Hall–Kier alpha value is -3.08. The van der Waals surface area contributed by atoms with E-state index in [2.05, 4.69) is 47.8 Å². The van der Waals surface area contributed by atoms with Gasteiger partial charge in [0.2, 0.25) is 0 Å². The van der Waals surface area contributed by atoms with Crippen LogP contribution in [0.4, 0.5) is 5.69 Å². The number of esters is 1. The minimum atomic E-state index is -1.11. The van der Waals surface area contributed by atoms with Crippen LogP contribution in [0.5, 0.6) is 11.5 Å². The van der Waals surface area contributed by atoms with Crippen molar-refractivity contribution in [2.24, 2.45) is 34.4 Å². The second-order valence-electron chi connectivity index (χ2n) is 14.1. The monoisotopic (exact) mass is 727 g/mol. The number of nitrogens with zero attached hydrogens (tertiary/aromatic N) is 1. The smallest absolute Gasteiger partial charge is 0.332 e. The lowest BCUT2D eigenvalue weighted by atomic mass is 9.48. The number of hydrogen-bond donors (Lipinski definition) is 2. The number of methoxy groups -OCH3 is 2. The molecule has 1 amide bonds. The average molecular weight is 728 g/mol. The quantitative estimate of drug-likeness (QED) is 0.124. The highest BCUT2D eigenvalue weighted by atomic mass is 127. The van der Waals surface area contributed by atoms with Crippen molar-refractivity contribution >= 4 is 45.9 Å². The van der Waals surface area contributed by atoms with Gasteiger partial charge >= 0.3 is 5.97 Å². The largest absolute Gasteiger partial charge is 0.496 e. The Bertz CT molecular complexity index is 1470. The van der Waals surface area contributed by atoms with Crippen LogP contribution in [0.25, 0.3) is 0 Å². The van der Waals surface area contributed by atoms with Crippen LogP contribution in [-0.2, 0) is 14.3 Å². The molecule has 45 heavy (non-hydrogen) atoms. The van der Waals surface area contributed by atoms with Crippen LogP contribution in [0.1, 0.15) is 83.8 Å². The molecule has 3 N–H and O–H groups in total. The number of ether oxygens (including phenoxy) is 3. The minimum absolute atomic E-state index is 0.0168. The van der Waals surface area contributed by atoms with E-state index in [9.17, 15) is 9.59 Å². The Kier molecular flexibility index (Phi) is 9.59. The van der Waals surface area contributed by atoms with Crippen molar-refractivity contribution in [3.05, 3.63) is 62.9 Å². The minimum Gasteiger partial charge on any atom is -0.496 e. The average Bonchev–Trinajstić information content (AvgIpc) is 2.97. The summed E-state index contributed by atoms with van der Waals surface area (Å²) in [5.74, 6) is 1.61. The fourth-order valence-corrected chi connectivity index (χ4v) is 8.35. The van der Waals surface area contributed by atoms with Crippen molar-refractivity contribution in [1.82, 2.24) is 5.32 Å². The number of benzene rings is 2. The summed E-state index contributed by atoms with van der Waals surface area (Å²) in [5.41, 5.74) is 7.57. The van der Waals surface area contributed by atoms with Gasteiger partial charge in [0.15, 0.2) is 0 Å². The third kappa shape index (κ3) is 6.74. The van der Waals surface area contributed by atoms with Crippen molar-refractivity contribution in [1.29, 1.82) is 0 Å². The van der Waals surface area contributed by atoms with Crippen LogP contribution in [0.2, 0.25) is 0 Å². The third-order valence-corrected chi connectivity index (χ3v) is 10.2. The van der Waals surface area contributed by atoms with Crippen molar-refractivity contribution in [3.63, 3.8) is 0 Å². The molecule has 0 spiro atoms. The summed E-state index contributed by atoms with van der Waals surface area (Å²) >= 11 is 2.30. The van der Waals surface area contributed by atoms with E-state index in [1.807, 2.05) is 51.1 Å². The molecule has 0 radical (unpaired) electrons. The van der Waals surface area contributed by atoms with Gasteiger partial charge in [-0.3, -0.25) is 4.79 Å². The highest BCUT2D eigenvalue weighted by Gasteiger charge is 2.63. The van der Waals surface area contributed by atoms with E-state index < -0.39 is 17.0 Å². The van der Waals surface area contributed by atoms with Gasteiger partial charge in [0.1, 0.15) is 22.6 Å². The lowest BCUT2D eigenvalue weighted by Crippen LogP contribution is -2.71. The second-order valence-corrected chi connectivity index (χ2v) is 15.4. The van der Waals surface area contributed by atoms with Crippen LogP contribution >= 0.6 is 22.6 Å². The first-order valence-corrected chi connectivity index (χ1v) is 17.0. The van der Waals surface area contributed by atoms with Gasteiger partial charge in [-0.2, -0.15) is 0 Å². The fourth-order valence-electron chi connectivity index (χ4n) is 7.83. The van der Waals surface area contributed by atoms with E-state index in [1.165, 1.54) is 6.42 Å². The van der Waals surface area contributed by atoms with Gasteiger partial charge in [-0.25, -0.2) is 9.79 Å². The first-order chi connectivity index (χ1) is 21.2. The number of carbonyl (C=O) groups is 2. The molecule has 4 bridgehead atoms. The number of nitrogens with two attached hydrogens (primary N) is 1. The zero-order valence-corrected chi connectivity index (χ0v) is 29.6. The van der Waals surface area contributed by atoms with Gasteiger partial charge in [0, 0.05) is 3.57 Å². The molecule has 0 heterocycles. The second kappa shape index (κ2) is 13.0. The van der Waals surface area contributed by atoms with Gasteiger partial charge in [-0.05, 0) is 147 Å². The summed E-state index contributed by atoms with van der Waals surface area (Å²) in [4.78, 5) is 33.3. The topological polar surface area (TPSA) is 112 Å². The van der Waals surface area contributed by atoms with E-state index in [0.717, 1.165) is 40.5 Å².